The molecule has 100 valence electrons. The fourth-order valence-corrected chi connectivity index (χ4v) is 1.93. The minimum atomic E-state index is 0.621. The second-order valence-corrected chi connectivity index (χ2v) is 4.59. The Kier molecular flexibility index (Phi) is 4.39. The molecule has 19 heavy (non-hydrogen) atoms. The summed E-state index contributed by atoms with van der Waals surface area (Å²) in [7, 11) is 1.63. The van der Waals surface area contributed by atoms with Crippen molar-refractivity contribution in [3.8, 4) is 5.88 Å². The summed E-state index contributed by atoms with van der Waals surface area (Å²) in [6.07, 6.45) is 2.29. The van der Waals surface area contributed by atoms with Crippen molar-refractivity contribution in [2.24, 2.45) is 0 Å². The van der Waals surface area contributed by atoms with Crippen LogP contribution in [0.5, 0.6) is 5.88 Å². The molecule has 2 rings (SSSR count). The summed E-state index contributed by atoms with van der Waals surface area (Å²) in [5.74, 6) is 1.46. The number of nitrogens with one attached hydrogen (secondary N) is 1. The molecule has 0 aliphatic heterocycles. The minimum Gasteiger partial charge on any atom is -0.481 e. The van der Waals surface area contributed by atoms with Crippen LogP contribution in [0.3, 0.4) is 0 Å². The second-order valence-electron chi connectivity index (χ2n) is 4.59. The van der Waals surface area contributed by atoms with Crippen LogP contribution in [0.15, 0.2) is 36.4 Å². The SMILES string of the molecule is CCCc1ccc(Nc2nc(OC)ccc2C)cc1. The van der Waals surface area contributed by atoms with Gasteiger partial charge in [0.05, 0.1) is 7.11 Å². The number of aromatic nitrogens is 1. The quantitative estimate of drug-likeness (QED) is 0.874. The van der Waals surface area contributed by atoms with E-state index in [1.54, 1.807) is 7.11 Å². The normalized spacial score (nSPS) is 10.3. The Morgan fingerprint density at radius 2 is 1.84 bits per heavy atom. The zero-order valence-corrected chi connectivity index (χ0v) is 11.7. The summed E-state index contributed by atoms with van der Waals surface area (Å²) in [5.41, 5.74) is 3.51. The number of nitrogens with zero attached hydrogens (tertiary/aromatic N) is 1. The number of benzene rings is 1. The number of hydrogen-bond donors (Lipinski definition) is 1. The van der Waals surface area contributed by atoms with Gasteiger partial charge < -0.3 is 10.1 Å². The van der Waals surface area contributed by atoms with Gasteiger partial charge in [-0.15, -0.1) is 0 Å². The monoisotopic (exact) mass is 256 g/mol. The first-order valence-electron chi connectivity index (χ1n) is 6.60. The number of hydrogen-bond acceptors (Lipinski definition) is 3. The summed E-state index contributed by atoms with van der Waals surface area (Å²) in [6.45, 7) is 4.22. The van der Waals surface area contributed by atoms with Crippen molar-refractivity contribution in [2.75, 3.05) is 12.4 Å². The number of rotatable bonds is 5. The fraction of sp³-hybridized carbons (Fsp3) is 0.312. The van der Waals surface area contributed by atoms with E-state index in [0.29, 0.717) is 5.88 Å². The Bertz CT molecular complexity index is 535. The smallest absolute Gasteiger partial charge is 0.214 e. The molecule has 0 bridgehead atoms. The zero-order valence-electron chi connectivity index (χ0n) is 11.7. The molecule has 1 N–H and O–H groups in total. The first kappa shape index (κ1) is 13.4. The lowest BCUT2D eigenvalue weighted by Crippen LogP contribution is -1.98. The predicted octanol–water partition coefficient (Wildman–Crippen LogP) is 4.09. The molecule has 0 fully saturated rings. The third kappa shape index (κ3) is 3.47. The van der Waals surface area contributed by atoms with Crippen LogP contribution in [0.2, 0.25) is 0 Å². The predicted molar refractivity (Wildman–Crippen MR) is 79.2 cm³/mol. The van der Waals surface area contributed by atoms with E-state index in [2.05, 4.69) is 41.5 Å². The molecule has 2 aromatic rings. The van der Waals surface area contributed by atoms with E-state index in [1.807, 2.05) is 19.1 Å². The van der Waals surface area contributed by atoms with E-state index in [1.165, 1.54) is 12.0 Å². The van der Waals surface area contributed by atoms with Crippen molar-refractivity contribution in [1.82, 2.24) is 4.98 Å². The van der Waals surface area contributed by atoms with Crippen molar-refractivity contribution in [2.45, 2.75) is 26.7 Å². The van der Waals surface area contributed by atoms with Crippen LogP contribution in [0.25, 0.3) is 0 Å². The van der Waals surface area contributed by atoms with Gasteiger partial charge in [0.25, 0.3) is 0 Å². The minimum absolute atomic E-state index is 0.621. The molecular weight excluding hydrogens is 236 g/mol. The van der Waals surface area contributed by atoms with Crippen molar-refractivity contribution in [3.05, 3.63) is 47.5 Å². The molecule has 1 aromatic heterocycles. The molecule has 1 aromatic carbocycles. The molecule has 0 saturated heterocycles. The van der Waals surface area contributed by atoms with Crippen LogP contribution < -0.4 is 10.1 Å². The molecule has 0 amide bonds. The van der Waals surface area contributed by atoms with Gasteiger partial charge in [-0.05, 0) is 36.6 Å². The molecule has 0 atom stereocenters. The second kappa shape index (κ2) is 6.23. The topological polar surface area (TPSA) is 34.2 Å². The van der Waals surface area contributed by atoms with Crippen LogP contribution in [0.4, 0.5) is 11.5 Å². The highest BCUT2D eigenvalue weighted by Gasteiger charge is 2.03. The van der Waals surface area contributed by atoms with E-state index in [9.17, 15) is 0 Å². The number of methoxy groups -OCH3 is 1. The molecule has 0 spiro atoms. The van der Waals surface area contributed by atoms with Gasteiger partial charge >= 0.3 is 0 Å². The van der Waals surface area contributed by atoms with Crippen molar-refractivity contribution in [1.29, 1.82) is 0 Å². The third-order valence-corrected chi connectivity index (χ3v) is 3.04. The molecule has 3 nitrogen and oxygen atoms in total. The van der Waals surface area contributed by atoms with E-state index in [-0.39, 0.29) is 0 Å². The molecule has 3 heteroatoms. The lowest BCUT2D eigenvalue weighted by Gasteiger charge is -2.10. The number of anilines is 2. The van der Waals surface area contributed by atoms with E-state index in [0.717, 1.165) is 23.5 Å². The summed E-state index contributed by atoms with van der Waals surface area (Å²) in [5, 5.41) is 3.33. The largest absolute Gasteiger partial charge is 0.481 e. The van der Waals surface area contributed by atoms with E-state index >= 15 is 0 Å². The van der Waals surface area contributed by atoms with Gasteiger partial charge in [0.2, 0.25) is 5.88 Å². The first-order valence-corrected chi connectivity index (χ1v) is 6.60. The Morgan fingerprint density at radius 3 is 2.47 bits per heavy atom. The van der Waals surface area contributed by atoms with Crippen LogP contribution in [-0.4, -0.2) is 12.1 Å². The van der Waals surface area contributed by atoms with Gasteiger partial charge in [0.15, 0.2) is 0 Å². The van der Waals surface area contributed by atoms with Gasteiger partial charge in [0.1, 0.15) is 5.82 Å². The summed E-state index contributed by atoms with van der Waals surface area (Å²) in [6, 6.07) is 12.4. The Hall–Kier alpha value is -2.03. The lowest BCUT2D eigenvalue weighted by molar-refractivity contribution is 0.398. The van der Waals surface area contributed by atoms with E-state index in [4.69, 9.17) is 4.74 Å². The Labute approximate surface area is 114 Å². The Balaban J connectivity index is 2.16. The van der Waals surface area contributed by atoms with Gasteiger partial charge in [0, 0.05) is 11.8 Å². The van der Waals surface area contributed by atoms with Gasteiger partial charge in [-0.25, -0.2) is 0 Å². The fourth-order valence-electron chi connectivity index (χ4n) is 1.93. The average molecular weight is 256 g/mol. The van der Waals surface area contributed by atoms with Gasteiger partial charge in [-0.1, -0.05) is 31.5 Å². The number of ether oxygens (including phenoxy) is 1. The molecule has 0 saturated carbocycles. The lowest BCUT2D eigenvalue weighted by atomic mass is 10.1. The van der Waals surface area contributed by atoms with E-state index < -0.39 is 0 Å². The molecular formula is C16H20N2O. The van der Waals surface area contributed by atoms with Crippen LogP contribution in [0.1, 0.15) is 24.5 Å². The zero-order chi connectivity index (χ0) is 13.7. The Morgan fingerprint density at radius 1 is 1.11 bits per heavy atom. The molecule has 0 aliphatic rings. The average Bonchev–Trinajstić information content (AvgIpc) is 2.44. The summed E-state index contributed by atoms with van der Waals surface area (Å²) >= 11 is 0. The highest BCUT2D eigenvalue weighted by Crippen LogP contribution is 2.21. The van der Waals surface area contributed by atoms with Gasteiger partial charge in [-0.2, -0.15) is 4.98 Å². The molecule has 1 heterocycles. The first-order chi connectivity index (χ1) is 9.22. The maximum absolute atomic E-state index is 5.15. The molecule has 0 aliphatic carbocycles. The third-order valence-electron chi connectivity index (χ3n) is 3.04. The summed E-state index contributed by atoms with van der Waals surface area (Å²) < 4.78 is 5.15. The highest BCUT2D eigenvalue weighted by atomic mass is 16.5. The number of pyridine rings is 1. The summed E-state index contributed by atoms with van der Waals surface area (Å²) in [4.78, 5) is 4.41. The standard InChI is InChI=1S/C16H20N2O/c1-4-5-13-7-9-14(10-8-13)17-16-12(2)6-11-15(18-16)19-3/h6-11H,4-5H2,1-3H3,(H,17,18). The molecule has 0 unspecified atom stereocenters. The number of aryl methyl sites for hydroxylation is 2. The van der Waals surface area contributed by atoms with Crippen LogP contribution >= 0.6 is 0 Å². The van der Waals surface area contributed by atoms with Crippen molar-refractivity contribution in [3.63, 3.8) is 0 Å². The van der Waals surface area contributed by atoms with Crippen LogP contribution in [0, 0.1) is 6.92 Å². The van der Waals surface area contributed by atoms with Gasteiger partial charge in [-0.3, -0.25) is 0 Å². The van der Waals surface area contributed by atoms with Crippen molar-refractivity contribution >= 4 is 11.5 Å². The maximum atomic E-state index is 5.15. The van der Waals surface area contributed by atoms with Crippen molar-refractivity contribution < 1.29 is 4.74 Å². The molecule has 0 radical (unpaired) electrons. The highest BCUT2D eigenvalue weighted by molar-refractivity contribution is 5.60. The van der Waals surface area contributed by atoms with Crippen LogP contribution in [-0.2, 0) is 6.42 Å². The maximum Gasteiger partial charge on any atom is 0.214 e.